The van der Waals surface area contributed by atoms with Crippen LogP contribution in [0.25, 0.3) is 139 Å². The number of aromatic nitrogens is 6. The number of nitrogens with zero attached hydrogens (tertiary/aromatic N) is 6. The molecule has 6 nitrogen and oxygen atoms in total. The molecule has 0 spiro atoms. The Bertz CT molecular complexity index is 4630. The van der Waals surface area contributed by atoms with Crippen molar-refractivity contribution in [2.75, 3.05) is 0 Å². The number of rotatable bonds is 8. The topological polar surface area (TPSA) is 53.5 Å². The van der Waals surface area contributed by atoms with Gasteiger partial charge in [-0.05, 0) is 82.9 Å². The standard InChI is InChI=1S/C69H44N6/c1-4-20-45(21-5-1)47-38-40-49(41-39-47)68-70-67(48-24-8-3-9-25-48)71-69(72-68)54-29-13-17-34-60(54)75-63-36-19-35-62(73-59-33-16-12-28-53(59)56-44-50(42-43-61(56)73)46-22-6-2-7-23-46)65(63)55-30-18-37-64(66(55)75)74-57-31-14-10-26-51(57)52-27-11-15-32-58(52)74/h1-44H. The summed E-state index contributed by atoms with van der Waals surface area (Å²) in [7, 11) is 0. The highest BCUT2D eigenvalue weighted by atomic mass is 15.1. The Morgan fingerprint density at radius 1 is 0.227 bits per heavy atom. The molecule has 6 heteroatoms. The van der Waals surface area contributed by atoms with Crippen molar-refractivity contribution in [2.45, 2.75) is 0 Å². The molecule has 0 N–H and O–H groups in total. The van der Waals surface area contributed by atoms with Gasteiger partial charge in [0.2, 0.25) is 0 Å². The van der Waals surface area contributed by atoms with E-state index in [9.17, 15) is 0 Å². The average molecular weight is 957 g/mol. The van der Waals surface area contributed by atoms with Crippen molar-refractivity contribution in [1.29, 1.82) is 0 Å². The van der Waals surface area contributed by atoms with E-state index in [1.54, 1.807) is 0 Å². The van der Waals surface area contributed by atoms with E-state index in [1.807, 2.05) is 24.3 Å². The van der Waals surface area contributed by atoms with Gasteiger partial charge in [-0.25, -0.2) is 15.0 Å². The monoisotopic (exact) mass is 956 g/mol. The van der Waals surface area contributed by atoms with Gasteiger partial charge in [0.25, 0.3) is 0 Å². The minimum atomic E-state index is 0.582. The molecule has 11 aromatic carbocycles. The highest BCUT2D eigenvalue weighted by Gasteiger charge is 2.26. The molecule has 0 saturated heterocycles. The molecule has 0 saturated carbocycles. The van der Waals surface area contributed by atoms with Crippen LogP contribution in [0.4, 0.5) is 0 Å². The van der Waals surface area contributed by atoms with E-state index in [1.165, 1.54) is 32.7 Å². The quantitative estimate of drug-likeness (QED) is 0.152. The maximum atomic E-state index is 5.40. The Labute approximate surface area is 432 Å². The Morgan fingerprint density at radius 3 is 1.28 bits per heavy atom. The predicted octanol–water partition coefficient (Wildman–Crippen LogP) is 17.5. The lowest BCUT2D eigenvalue weighted by Gasteiger charge is -2.17. The molecule has 0 aliphatic carbocycles. The first-order valence-corrected chi connectivity index (χ1v) is 25.4. The predicted molar refractivity (Wildman–Crippen MR) is 310 cm³/mol. The fourth-order valence-corrected chi connectivity index (χ4v) is 11.6. The van der Waals surface area contributed by atoms with Crippen LogP contribution in [0.2, 0.25) is 0 Å². The molecule has 0 amide bonds. The summed E-state index contributed by atoms with van der Waals surface area (Å²) in [5.41, 5.74) is 17.2. The number of para-hydroxylation sites is 5. The van der Waals surface area contributed by atoms with Crippen molar-refractivity contribution < 1.29 is 0 Å². The third-order valence-electron chi connectivity index (χ3n) is 14.9. The molecule has 4 heterocycles. The second-order valence-electron chi connectivity index (χ2n) is 19.1. The van der Waals surface area contributed by atoms with E-state index in [4.69, 9.17) is 15.0 Å². The molecule has 350 valence electrons. The molecular formula is C69H44N6. The molecule has 15 rings (SSSR count). The van der Waals surface area contributed by atoms with Gasteiger partial charge in [-0.1, -0.05) is 206 Å². The van der Waals surface area contributed by atoms with Gasteiger partial charge in [0.1, 0.15) is 0 Å². The SMILES string of the molecule is c1ccc(-c2ccc(-c3nc(-c4ccccc4)nc(-c4ccccc4-n4c5cccc(-n6c7ccccc7c7cc(-c8ccccc8)ccc76)c5c5cccc(-n6c7ccccc7c7ccccc76)c54)n3)cc2)cc1. The van der Waals surface area contributed by atoms with Gasteiger partial charge in [0.05, 0.1) is 50.2 Å². The van der Waals surface area contributed by atoms with Gasteiger partial charge in [0.15, 0.2) is 17.5 Å². The first kappa shape index (κ1) is 42.5. The summed E-state index contributed by atoms with van der Waals surface area (Å²) >= 11 is 0. The van der Waals surface area contributed by atoms with Crippen molar-refractivity contribution in [1.82, 2.24) is 28.7 Å². The summed E-state index contributed by atoms with van der Waals surface area (Å²) in [5.74, 6) is 1.79. The van der Waals surface area contributed by atoms with Gasteiger partial charge in [-0.2, -0.15) is 0 Å². The summed E-state index contributed by atoms with van der Waals surface area (Å²) < 4.78 is 7.38. The summed E-state index contributed by atoms with van der Waals surface area (Å²) in [6, 6.07) is 95.3. The van der Waals surface area contributed by atoms with E-state index >= 15 is 0 Å². The number of benzene rings is 11. The summed E-state index contributed by atoms with van der Waals surface area (Å²) in [5, 5.41) is 7.09. The van der Waals surface area contributed by atoms with Gasteiger partial charge in [0, 0.05) is 49.0 Å². The largest absolute Gasteiger partial charge is 0.309 e. The van der Waals surface area contributed by atoms with Gasteiger partial charge in [-0.15, -0.1) is 0 Å². The molecule has 15 aromatic rings. The molecule has 0 bridgehead atoms. The van der Waals surface area contributed by atoms with Crippen LogP contribution in [0.3, 0.4) is 0 Å². The summed E-state index contributed by atoms with van der Waals surface area (Å²) in [6.45, 7) is 0. The van der Waals surface area contributed by atoms with Crippen LogP contribution in [0.1, 0.15) is 0 Å². The van der Waals surface area contributed by atoms with Crippen LogP contribution in [0.15, 0.2) is 267 Å². The van der Waals surface area contributed by atoms with Crippen molar-refractivity contribution in [2.24, 2.45) is 0 Å². The van der Waals surface area contributed by atoms with Crippen LogP contribution in [-0.4, -0.2) is 28.7 Å². The third-order valence-corrected chi connectivity index (χ3v) is 14.9. The van der Waals surface area contributed by atoms with Gasteiger partial charge < -0.3 is 13.7 Å². The second kappa shape index (κ2) is 17.3. The first-order chi connectivity index (χ1) is 37.2. The first-order valence-electron chi connectivity index (χ1n) is 25.4. The highest BCUT2D eigenvalue weighted by Crippen LogP contribution is 2.45. The smallest absolute Gasteiger partial charge is 0.166 e. The van der Waals surface area contributed by atoms with Crippen LogP contribution in [0.5, 0.6) is 0 Å². The Kier molecular flexibility index (Phi) is 9.78. The Hall–Kier alpha value is -10.2. The second-order valence-corrected chi connectivity index (χ2v) is 19.1. The zero-order chi connectivity index (χ0) is 49.4. The summed E-state index contributed by atoms with van der Waals surface area (Å²) in [4.78, 5) is 15.9. The molecule has 0 atom stereocenters. The lowest BCUT2D eigenvalue weighted by molar-refractivity contribution is 1.06. The minimum absolute atomic E-state index is 0.582. The van der Waals surface area contributed by atoms with E-state index < -0.39 is 0 Å². The number of hydrogen-bond acceptors (Lipinski definition) is 3. The molecule has 0 fully saturated rings. The fraction of sp³-hybridized carbons (Fsp3) is 0. The Morgan fingerprint density at radius 2 is 0.627 bits per heavy atom. The normalized spacial score (nSPS) is 11.7. The molecule has 0 unspecified atom stereocenters. The molecule has 0 aliphatic heterocycles. The van der Waals surface area contributed by atoms with E-state index in [2.05, 4.69) is 256 Å². The van der Waals surface area contributed by atoms with Crippen LogP contribution >= 0.6 is 0 Å². The van der Waals surface area contributed by atoms with Crippen molar-refractivity contribution >= 4 is 65.4 Å². The minimum Gasteiger partial charge on any atom is -0.309 e. The molecule has 4 aromatic heterocycles. The van der Waals surface area contributed by atoms with Crippen LogP contribution < -0.4 is 0 Å². The van der Waals surface area contributed by atoms with Gasteiger partial charge in [-0.3, -0.25) is 0 Å². The maximum Gasteiger partial charge on any atom is 0.166 e. The van der Waals surface area contributed by atoms with Gasteiger partial charge >= 0.3 is 0 Å². The Balaban J connectivity index is 1.03. The number of fused-ring (bicyclic) bond motifs is 9. The molecular weight excluding hydrogens is 913 g/mol. The zero-order valence-electron chi connectivity index (χ0n) is 40.6. The summed E-state index contributed by atoms with van der Waals surface area (Å²) in [6.07, 6.45) is 0. The van der Waals surface area contributed by atoms with Crippen LogP contribution in [0, 0.1) is 0 Å². The van der Waals surface area contributed by atoms with E-state index in [-0.39, 0.29) is 0 Å². The lowest BCUT2D eigenvalue weighted by atomic mass is 10.0. The average Bonchev–Trinajstić information content (AvgIpc) is 4.15. The highest BCUT2D eigenvalue weighted by molar-refractivity contribution is 6.19. The van der Waals surface area contributed by atoms with E-state index in [0.29, 0.717) is 17.5 Å². The molecule has 0 aliphatic rings. The van der Waals surface area contributed by atoms with Crippen LogP contribution in [-0.2, 0) is 0 Å². The molecule has 75 heavy (non-hydrogen) atoms. The van der Waals surface area contributed by atoms with Crippen molar-refractivity contribution in [3.63, 3.8) is 0 Å². The van der Waals surface area contributed by atoms with E-state index in [0.717, 1.165) is 88.8 Å². The lowest BCUT2D eigenvalue weighted by Crippen LogP contribution is -2.05. The maximum absolute atomic E-state index is 5.40. The van der Waals surface area contributed by atoms with Crippen molar-refractivity contribution in [3.05, 3.63) is 267 Å². The third kappa shape index (κ3) is 6.84. The fourth-order valence-electron chi connectivity index (χ4n) is 11.6. The van der Waals surface area contributed by atoms with Crippen molar-refractivity contribution in [3.8, 4) is 73.5 Å². The molecule has 0 radical (unpaired) electrons. The zero-order valence-corrected chi connectivity index (χ0v) is 40.6. The number of hydrogen-bond donors (Lipinski definition) is 0.